The van der Waals surface area contributed by atoms with Crippen molar-refractivity contribution >= 4 is 39.2 Å². The van der Waals surface area contributed by atoms with Crippen LogP contribution in [0.1, 0.15) is 12.8 Å². The molecule has 0 bridgehead atoms. The minimum atomic E-state index is -0.191. The number of methoxy groups -OCH3 is 1. The molecule has 1 aromatic carbocycles. The number of hydrogen-bond donors (Lipinski definition) is 1. The Labute approximate surface area is 108 Å². The maximum atomic E-state index is 10.9. The highest BCUT2D eigenvalue weighted by atomic mass is 79.9. The average molecular weight is 307 g/mol. The van der Waals surface area contributed by atoms with Crippen molar-refractivity contribution in [3.05, 3.63) is 27.7 Å². The number of benzene rings is 1. The van der Waals surface area contributed by atoms with Gasteiger partial charge in [-0.1, -0.05) is 27.5 Å². The fourth-order valence-corrected chi connectivity index (χ4v) is 1.93. The smallest absolute Gasteiger partial charge is 0.305 e. The summed E-state index contributed by atoms with van der Waals surface area (Å²) >= 11 is 9.35. The third kappa shape index (κ3) is 4.41. The summed E-state index contributed by atoms with van der Waals surface area (Å²) in [5, 5.41) is 3.82. The number of esters is 1. The van der Waals surface area contributed by atoms with Crippen LogP contribution in [0.15, 0.2) is 22.7 Å². The van der Waals surface area contributed by atoms with Gasteiger partial charge in [-0.25, -0.2) is 0 Å². The van der Waals surface area contributed by atoms with Crippen LogP contribution in [0.4, 0.5) is 5.69 Å². The van der Waals surface area contributed by atoms with Crippen LogP contribution in [0.25, 0.3) is 0 Å². The van der Waals surface area contributed by atoms with E-state index in [2.05, 4.69) is 26.0 Å². The van der Waals surface area contributed by atoms with Gasteiger partial charge in [0.25, 0.3) is 0 Å². The Bertz CT molecular complexity index is 371. The van der Waals surface area contributed by atoms with E-state index in [1.54, 1.807) is 0 Å². The van der Waals surface area contributed by atoms with E-state index in [0.717, 1.165) is 16.6 Å². The van der Waals surface area contributed by atoms with Crippen LogP contribution in [0.2, 0.25) is 5.02 Å². The van der Waals surface area contributed by atoms with Gasteiger partial charge in [-0.05, 0) is 24.6 Å². The number of carbonyl (C=O) groups excluding carboxylic acids is 1. The molecule has 0 amide bonds. The van der Waals surface area contributed by atoms with E-state index in [1.807, 2.05) is 18.2 Å². The first kappa shape index (κ1) is 13.3. The molecular weight excluding hydrogens is 293 g/mol. The van der Waals surface area contributed by atoms with Gasteiger partial charge in [-0.3, -0.25) is 4.79 Å². The van der Waals surface area contributed by atoms with Crippen LogP contribution in [0.3, 0.4) is 0 Å². The summed E-state index contributed by atoms with van der Waals surface area (Å²) in [7, 11) is 1.39. The summed E-state index contributed by atoms with van der Waals surface area (Å²) in [5.41, 5.74) is 0.870. The van der Waals surface area contributed by atoms with Crippen molar-refractivity contribution in [1.29, 1.82) is 0 Å². The van der Waals surface area contributed by atoms with E-state index in [9.17, 15) is 4.79 Å². The number of ether oxygens (including phenoxy) is 1. The molecule has 88 valence electrons. The highest BCUT2D eigenvalue weighted by molar-refractivity contribution is 9.10. The van der Waals surface area contributed by atoms with Crippen molar-refractivity contribution in [1.82, 2.24) is 0 Å². The molecule has 0 aliphatic carbocycles. The Balaban J connectivity index is 2.35. The normalized spacial score (nSPS) is 9.94. The lowest BCUT2D eigenvalue weighted by Gasteiger charge is -2.08. The lowest BCUT2D eigenvalue weighted by molar-refractivity contribution is -0.140. The molecule has 1 aromatic rings. The largest absolute Gasteiger partial charge is 0.469 e. The van der Waals surface area contributed by atoms with Crippen molar-refractivity contribution in [2.45, 2.75) is 12.8 Å². The zero-order valence-corrected chi connectivity index (χ0v) is 11.3. The number of rotatable bonds is 5. The fourth-order valence-electron chi connectivity index (χ4n) is 1.19. The van der Waals surface area contributed by atoms with Crippen molar-refractivity contribution in [3.8, 4) is 0 Å². The topological polar surface area (TPSA) is 38.3 Å². The molecule has 0 fully saturated rings. The second-order valence-electron chi connectivity index (χ2n) is 3.23. The standard InChI is InChI=1S/C11H13BrClNO2/c1-16-11(15)3-2-6-14-10-5-4-8(12)7-9(10)13/h4-5,7,14H,2-3,6H2,1H3. The maximum absolute atomic E-state index is 10.9. The van der Waals surface area contributed by atoms with Crippen molar-refractivity contribution in [2.75, 3.05) is 19.0 Å². The number of anilines is 1. The molecule has 0 unspecified atom stereocenters. The number of halogens is 2. The summed E-state index contributed by atoms with van der Waals surface area (Å²) in [6.07, 6.45) is 1.14. The minimum Gasteiger partial charge on any atom is -0.469 e. The first-order valence-electron chi connectivity index (χ1n) is 4.89. The Morgan fingerprint density at radius 2 is 2.31 bits per heavy atom. The lowest BCUT2D eigenvalue weighted by atomic mass is 10.3. The van der Waals surface area contributed by atoms with Crippen molar-refractivity contribution in [2.24, 2.45) is 0 Å². The second-order valence-corrected chi connectivity index (χ2v) is 4.55. The molecule has 0 spiro atoms. The zero-order valence-electron chi connectivity index (χ0n) is 8.93. The van der Waals surface area contributed by atoms with Gasteiger partial charge in [0.1, 0.15) is 0 Å². The van der Waals surface area contributed by atoms with Crippen LogP contribution in [-0.2, 0) is 9.53 Å². The third-order valence-corrected chi connectivity index (χ3v) is 2.84. The first-order valence-corrected chi connectivity index (χ1v) is 6.06. The summed E-state index contributed by atoms with van der Waals surface area (Å²) in [6.45, 7) is 0.691. The van der Waals surface area contributed by atoms with Crippen LogP contribution in [-0.4, -0.2) is 19.6 Å². The first-order chi connectivity index (χ1) is 7.63. The Hall–Kier alpha value is -0.740. The molecule has 0 radical (unpaired) electrons. The van der Waals surface area contributed by atoms with Gasteiger partial charge in [0, 0.05) is 17.4 Å². The van der Waals surface area contributed by atoms with E-state index < -0.39 is 0 Å². The summed E-state index contributed by atoms with van der Waals surface area (Å²) in [6, 6.07) is 5.63. The van der Waals surface area contributed by atoms with Crippen LogP contribution in [0, 0.1) is 0 Å². The molecule has 1 rings (SSSR count). The van der Waals surface area contributed by atoms with Crippen LogP contribution < -0.4 is 5.32 Å². The number of carbonyl (C=O) groups is 1. The lowest BCUT2D eigenvalue weighted by Crippen LogP contribution is -2.06. The Morgan fingerprint density at radius 1 is 1.56 bits per heavy atom. The Kier molecular flexibility index (Phi) is 5.63. The highest BCUT2D eigenvalue weighted by Crippen LogP contribution is 2.25. The maximum Gasteiger partial charge on any atom is 0.305 e. The number of hydrogen-bond acceptors (Lipinski definition) is 3. The van der Waals surface area contributed by atoms with Gasteiger partial charge in [-0.15, -0.1) is 0 Å². The summed E-state index contributed by atoms with van der Waals surface area (Å²) in [5.74, 6) is -0.191. The van der Waals surface area contributed by atoms with E-state index in [4.69, 9.17) is 11.6 Å². The molecule has 0 saturated heterocycles. The molecule has 0 aromatic heterocycles. The second kappa shape index (κ2) is 6.76. The van der Waals surface area contributed by atoms with Crippen molar-refractivity contribution < 1.29 is 9.53 Å². The van der Waals surface area contributed by atoms with Crippen LogP contribution in [0.5, 0.6) is 0 Å². The molecule has 0 atom stereocenters. The van der Waals surface area contributed by atoms with Gasteiger partial charge in [0.2, 0.25) is 0 Å². The molecule has 0 aliphatic rings. The Morgan fingerprint density at radius 3 is 2.94 bits per heavy atom. The van der Waals surface area contributed by atoms with Crippen LogP contribution >= 0.6 is 27.5 Å². The SMILES string of the molecule is COC(=O)CCCNc1ccc(Br)cc1Cl. The molecule has 3 nitrogen and oxygen atoms in total. The van der Waals surface area contributed by atoms with E-state index in [1.165, 1.54) is 7.11 Å². The summed E-state index contributed by atoms with van der Waals surface area (Å²) in [4.78, 5) is 10.9. The van der Waals surface area contributed by atoms with Gasteiger partial charge < -0.3 is 10.1 Å². The molecule has 5 heteroatoms. The molecule has 0 saturated carbocycles. The van der Waals surface area contributed by atoms with E-state index in [0.29, 0.717) is 18.0 Å². The van der Waals surface area contributed by atoms with Gasteiger partial charge in [0.15, 0.2) is 0 Å². The predicted molar refractivity (Wildman–Crippen MR) is 68.9 cm³/mol. The van der Waals surface area contributed by atoms with Gasteiger partial charge >= 0.3 is 5.97 Å². The molecule has 16 heavy (non-hydrogen) atoms. The van der Waals surface area contributed by atoms with Gasteiger partial charge in [-0.2, -0.15) is 0 Å². The summed E-state index contributed by atoms with van der Waals surface area (Å²) < 4.78 is 5.49. The molecule has 1 N–H and O–H groups in total. The number of nitrogens with one attached hydrogen (secondary N) is 1. The molecule has 0 aliphatic heterocycles. The molecule has 0 heterocycles. The average Bonchev–Trinajstić information content (AvgIpc) is 2.26. The highest BCUT2D eigenvalue weighted by Gasteiger charge is 2.02. The van der Waals surface area contributed by atoms with E-state index >= 15 is 0 Å². The third-order valence-electron chi connectivity index (χ3n) is 2.03. The zero-order chi connectivity index (χ0) is 12.0. The van der Waals surface area contributed by atoms with Gasteiger partial charge in [0.05, 0.1) is 17.8 Å². The van der Waals surface area contributed by atoms with Crippen molar-refractivity contribution in [3.63, 3.8) is 0 Å². The quantitative estimate of drug-likeness (QED) is 0.669. The predicted octanol–water partition coefficient (Wildman–Crippen LogP) is 3.47. The fraction of sp³-hybridized carbons (Fsp3) is 0.364. The monoisotopic (exact) mass is 305 g/mol. The minimum absolute atomic E-state index is 0.191. The molecular formula is C11H13BrClNO2. The van der Waals surface area contributed by atoms with E-state index in [-0.39, 0.29) is 5.97 Å².